The minimum absolute atomic E-state index is 0.295. The second kappa shape index (κ2) is 8.47. The molecule has 0 saturated heterocycles. The number of para-hydroxylation sites is 1. The van der Waals surface area contributed by atoms with Crippen LogP contribution in [-0.4, -0.2) is 30.2 Å². The van der Waals surface area contributed by atoms with Crippen LogP contribution >= 0.6 is 0 Å². The van der Waals surface area contributed by atoms with E-state index in [4.69, 9.17) is 15.6 Å². The molecular formula is C27H22N6O3. The van der Waals surface area contributed by atoms with E-state index in [-0.39, 0.29) is 5.56 Å². The normalized spacial score (nSPS) is 11.5. The zero-order valence-corrected chi connectivity index (χ0v) is 19.4. The van der Waals surface area contributed by atoms with Crippen molar-refractivity contribution in [2.24, 2.45) is 5.73 Å². The minimum atomic E-state index is -0.463. The number of aromatic nitrogens is 5. The summed E-state index contributed by atoms with van der Waals surface area (Å²) in [5.74, 6) is -0.463. The monoisotopic (exact) mass is 478 g/mol. The second-order valence-electron chi connectivity index (χ2n) is 8.63. The van der Waals surface area contributed by atoms with Gasteiger partial charge in [-0.25, -0.2) is 14.8 Å². The van der Waals surface area contributed by atoms with E-state index in [9.17, 15) is 9.59 Å². The number of fused-ring (bicyclic) bond motifs is 3. The molecule has 0 unspecified atom stereocenters. The lowest BCUT2D eigenvalue weighted by Gasteiger charge is -2.06. The highest BCUT2D eigenvalue weighted by Gasteiger charge is 2.17. The second-order valence-corrected chi connectivity index (χ2v) is 8.63. The Hall–Kier alpha value is -4.76. The summed E-state index contributed by atoms with van der Waals surface area (Å²) < 4.78 is 3.41. The molecule has 0 atom stereocenters. The molecule has 3 aromatic heterocycles. The van der Waals surface area contributed by atoms with E-state index in [1.807, 2.05) is 42.6 Å². The molecule has 178 valence electrons. The summed E-state index contributed by atoms with van der Waals surface area (Å²) in [7, 11) is 0. The Morgan fingerprint density at radius 2 is 1.81 bits per heavy atom. The fraction of sp³-hybridized carbons (Fsp3) is 0.111. The molecule has 0 fully saturated rings. The maximum absolute atomic E-state index is 13.2. The number of nitrogens with one attached hydrogen (secondary N) is 1. The van der Waals surface area contributed by atoms with Crippen LogP contribution in [-0.2, 0) is 17.9 Å². The molecule has 6 rings (SSSR count). The van der Waals surface area contributed by atoms with Crippen LogP contribution in [0.2, 0.25) is 0 Å². The van der Waals surface area contributed by atoms with Crippen LogP contribution in [0.1, 0.15) is 18.1 Å². The molecule has 0 saturated carbocycles. The molecule has 3 N–H and O–H groups in total. The topological polar surface area (TPSA) is 121 Å². The standard InChI is InChI=1S/C27H22N6O3/c1-16(34)36-33-15-29-23-10-21-22(11-25(23)33)30-26(27(35)31-21)20-14-32(24-5-3-2-4-19(20)24)13-18-8-6-17(12-28)7-9-18/h2-11,14-15H,12-13,28H2,1H3,(H,31,35). The summed E-state index contributed by atoms with van der Waals surface area (Å²) in [4.78, 5) is 41.7. The van der Waals surface area contributed by atoms with Gasteiger partial charge in [0.25, 0.3) is 5.56 Å². The minimum Gasteiger partial charge on any atom is -0.342 e. The summed E-state index contributed by atoms with van der Waals surface area (Å²) in [5.41, 5.74) is 11.9. The van der Waals surface area contributed by atoms with E-state index in [2.05, 4.69) is 26.7 Å². The van der Waals surface area contributed by atoms with Crippen molar-refractivity contribution in [1.29, 1.82) is 0 Å². The summed E-state index contributed by atoms with van der Waals surface area (Å²) in [5, 5.41) is 0.930. The molecule has 3 heterocycles. The van der Waals surface area contributed by atoms with E-state index in [0.29, 0.717) is 40.9 Å². The van der Waals surface area contributed by atoms with Gasteiger partial charge >= 0.3 is 5.97 Å². The molecule has 6 aromatic rings. The Labute approximate surface area is 204 Å². The fourth-order valence-corrected chi connectivity index (χ4v) is 4.51. The molecule has 9 heteroatoms. The Morgan fingerprint density at radius 3 is 2.58 bits per heavy atom. The first-order valence-electron chi connectivity index (χ1n) is 11.5. The predicted octanol–water partition coefficient (Wildman–Crippen LogP) is 3.38. The van der Waals surface area contributed by atoms with Gasteiger partial charge in [0.2, 0.25) is 0 Å². The molecule has 0 bridgehead atoms. The van der Waals surface area contributed by atoms with Gasteiger partial charge < -0.3 is 20.1 Å². The quantitative estimate of drug-likeness (QED) is 0.392. The van der Waals surface area contributed by atoms with Gasteiger partial charge in [0.1, 0.15) is 17.5 Å². The van der Waals surface area contributed by atoms with Crippen LogP contribution in [0.4, 0.5) is 0 Å². The zero-order valence-electron chi connectivity index (χ0n) is 19.4. The van der Waals surface area contributed by atoms with Crippen LogP contribution in [0.25, 0.3) is 44.2 Å². The number of nitrogens with zero attached hydrogens (tertiary/aromatic N) is 4. The molecule has 0 aliphatic heterocycles. The highest BCUT2D eigenvalue weighted by Crippen LogP contribution is 2.30. The van der Waals surface area contributed by atoms with Crippen molar-refractivity contribution in [1.82, 2.24) is 24.2 Å². The number of hydrogen-bond donors (Lipinski definition) is 2. The highest BCUT2D eigenvalue weighted by atomic mass is 16.7. The first-order valence-corrected chi connectivity index (χ1v) is 11.5. The first kappa shape index (κ1) is 21.8. The third kappa shape index (κ3) is 3.71. The van der Waals surface area contributed by atoms with Crippen LogP contribution in [0.5, 0.6) is 0 Å². The van der Waals surface area contributed by atoms with Crippen molar-refractivity contribution in [3.63, 3.8) is 0 Å². The number of nitrogens with two attached hydrogens (primary N) is 1. The molecule has 0 spiro atoms. The zero-order chi connectivity index (χ0) is 24.8. The number of H-pyrrole nitrogens is 1. The SMILES string of the molecule is CC(=O)On1cnc2cc3[nH]c(=O)c(-c4cn(Cc5ccc(CN)cc5)c5ccccc45)nc3cc21. The van der Waals surface area contributed by atoms with Gasteiger partial charge in [0, 0.05) is 42.7 Å². The molecule has 0 amide bonds. The van der Waals surface area contributed by atoms with Crippen molar-refractivity contribution < 1.29 is 9.63 Å². The average molecular weight is 479 g/mol. The van der Waals surface area contributed by atoms with Gasteiger partial charge in [0.15, 0.2) is 0 Å². The van der Waals surface area contributed by atoms with Crippen LogP contribution < -0.4 is 16.1 Å². The first-order chi connectivity index (χ1) is 17.5. The van der Waals surface area contributed by atoms with Crippen molar-refractivity contribution in [2.75, 3.05) is 0 Å². The molecular weight excluding hydrogens is 456 g/mol. The van der Waals surface area contributed by atoms with Gasteiger partial charge in [0.05, 0.1) is 16.6 Å². The molecule has 0 radical (unpaired) electrons. The predicted molar refractivity (Wildman–Crippen MR) is 137 cm³/mol. The summed E-state index contributed by atoms with van der Waals surface area (Å²) in [6, 6.07) is 19.6. The van der Waals surface area contributed by atoms with Crippen LogP contribution in [0.15, 0.2) is 78.0 Å². The maximum atomic E-state index is 13.2. The van der Waals surface area contributed by atoms with Crippen molar-refractivity contribution in [3.05, 3.63) is 94.7 Å². The molecule has 3 aromatic carbocycles. The third-order valence-electron chi connectivity index (χ3n) is 6.21. The van der Waals surface area contributed by atoms with E-state index >= 15 is 0 Å². The van der Waals surface area contributed by atoms with Gasteiger partial charge in [-0.3, -0.25) is 4.79 Å². The molecule has 0 aliphatic rings. The number of rotatable bonds is 5. The van der Waals surface area contributed by atoms with Gasteiger partial charge in [-0.15, -0.1) is 0 Å². The highest BCUT2D eigenvalue weighted by molar-refractivity contribution is 5.97. The largest absolute Gasteiger partial charge is 0.342 e. The Bertz CT molecular complexity index is 1830. The van der Waals surface area contributed by atoms with E-state index < -0.39 is 5.97 Å². The lowest BCUT2D eigenvalue weighted by Crippen LogP contribution is -2.15. The number of carbonyl (C=O) groups excluding carboxylic acids is 1. The Morgan fingerprint density at radius 1 is 1.03 bits per heavy atom. The lowest BCUT2D eigenvalue weighted by molar-refractivity contribution is -0.141. The molecule has 9 nitrogen and oxygen atoms in total. The van der Waals surface area contributed by atoms with Gasteiger partial charge in [-0.05, 0) is 29.3 Å². The number of imidazole rings is 1. The number of hydrogen-bond acceptors (Lipinski definition) is 6. The molecule has 36 heavy (non-hydrogen) atoms. The Kier molecular flexibility index (Phi) is 5.12. The van der Waals surface area contributed by atoms with Crippen LogP contribution in [0, 0.1) is 0 Å². The fourth-order valence-electron chi connectivity index (χ4n) is 4.51. The molecule has 0 aliphatic carbocycles. The van der Waals surface area contributed by atoms with Crippen LogP contribution in [0.3, 0.4) is 0 Å². The van der Waals surface area contributed by atoms with E-state index in [1.165, 1.54) is 18.0 Å². The summed E-state index contributed by atoms with van der Waals surface area (Å²) >= 11 is 0. The van der Waals surface area contributed by atoms with Crippen molar-refractivity contribution >= 4 is 38.9 Å². The number of carbonyl (C=O) groups is 1. The smallest absolute Gasteiger partial charge is 0.329 e. The van der Waals surface area contributed by atoms with E-state index in [0.717, 1.165) is 27.6 Å². The lowest BCUT2D eigenvalue weighted by atomic mass is 10.1. The summed E-state index contributed by atoms with van der Waals surface area (Å²) in [6.45, 7) is 2.46. The number of benzene rings is 3. The van der Waals surface area contributed by atoms with Crippen molar-refractivity contribution in [2.45, 2.75) is 20.0 Å². The summed E-state index contributed by atoms with van der Waals surface area (Å²) in [6.07, 6.45) is 3.38. The third-order valence-corrected chi connectivity index (χ3v) is 6.21. The Balaban J connectivity index is 1.49. The van der Waals surface area contributed by atoms with E-state index in [1.54, 1.807) is 12.1 Å². The average Bonchev–Trinajstić information content (AvgIpc) is 3.43. The van der Waals surface area contributed by atoms with Gasteiger partial charge in [-0.1, -0.05) is 42.5 Å². The number of aromatic amines is 1. The van der Waals surface area contributed by atoms with Crippen molar-refractivity contribution in [3.8, 4) is 11.3 Å². The maximum Gasteiger partial charge on any atom is 0.329 e. The van der Waals surface area contributed by atoms with Gasteiger partial charge in [-0.2, -0.15) is 4.73 Å².